The highest BCUT2D eigenvalue weighted by molar-refractivity contribution is 6.06. The Bertz CT molecular complexity index is 1240. The molecule has 4 rings (SSSR count). The summed E-state index contributed by atoms with van der Waals surface area (Å²) >= 11 is 0. The van der Waals surface area contributed by atoms with E-state index >= 15 is 0 Å². The second-order valence-corrected chi connectivity index (χ2v) is 7.72. The zero-order chi connectivity index (χ0) is 22.1. The summed E-state index contributed by atoms with van der Waals surface area (Å²) in [6.45, 7) is 8.39. The number of ether oxygens (including phenoxy) is 1. The van der Waals surface area contributed by atoms with Crippen LogP contribution in [0.15, 0.2) is 45.3 Å². The summed E-state index contributed by atoms with van der Waals surface area (Å²) in [5.41, 5.74) is 4.07. The molecule has 0 saturated carbocycles. The van der Waals surface area contributed by atoms with Crippen LogP contribution in [-0.4, -0.2) is 41.1 Å². The van der Waals surface area contributed by atoms with E-state index in [1.165, 1.54) is 5.56 Å². The van der Waals surface area contributed by atoms with Crippen molar-refractivity contribution in [1.82, 2.24) is 15.0 Å². The van der Waals surface area contributed by atoms with E-state index in [9.17, 15) is 4.79 Å². The van der Waals surface area contributed by atoms with Gasteiger partial charge in [-0.1, -0.05) is 22.9 Å². The number of hydrogen-bond donors (Lipinski definition) is 0. The molecule has 1 aromatic carbocycles. The van der Waals surface area contributed by atoms with Gasteiger partial charge in [0.15, 0.2) is 0 Å². The number of likely N-dealkylation sites (N-methyl/N-ethyl adjacent to an activating group) is 1. The molecular formula is C24H25N3O4. The maximum absolute atomic E-state index is 13.3. The van der Waals surface area contributed by atoms with E-state index in [0.717, 1.165) is 22.8 Å². The summed E-state index contributed by atoms with van der Waals surface area (Å²) in [4.78, 5) is 19.5. The molecular weight excluding hydrogens is 394 g/mol. The highest BCUT2D eigenvalue weighted by Crippen LogP contribution is 2.31. The number of benzene rings is 1. The summed E-state index contributed by atoms with van der Waals surface area (Å²) in [5.74, 6) is 2.14. The number of rotatable bonds is 6. The van der Waals surface area contributed by atoms with Crippen molar-refractivity contribution in [2.75, 3.05) is 20.2 Å². The van der Waals surface area contributed by atoms with Crippen LogP contribution < -0.4 is 4.74 Å². The Kier molecular flexibility index (Phi) is 5.50. The number of hydrogen-bond acceptors (Lipinski definition) is 6. The fourth-order valence-electron chi connectivity index (χ4n) is 3.53. The normalized spacial score (nSPS) is 11.1. The van der Waals surface area contributed by atoms with Crippen LogP contribution in [0.4, 0.5) is 0 Å². The molecule has 0 saturated heterocycles. The van der Waals surface area contributed by atoms with Crippen LogP contribution in [0.25, 0.3) is 22.4 Å². The van der Waals surface area contributed by atoms with E-state index in [1.54, 1.807) is 24.9 Å². The van der Waals surface area contributed by atoms with Crippen molar-refractivity contribution >= 4 is 17.0 Å². The molecule has 31 heavy (non-hydrogen) atoms. The minimum Gasteiger partial charge on any atom is -0.492 e. The van der Waals surface area contributed by atoms with Gasteiger partial charge in [-0.2, -0.15) is 0 Å². The number of aryl methyl sites for hydroxylation is 4. The third-order valence-electron chi connectivity index (χ3n) is 5.23. The van der Waals surface area contributed by atoms with Gasteiger partial charge in [-0.05, 0) is 52.0 Å². The van der Waals surface area contributed by atoms with Gasteiger partial charge < -0.3 is 18.6 Å². The zero-order valence-electron chi connectivity index (χ0n) is 18.4. The first-order chi connectivity index (χ1) is 14.8. The van der Waals surface area contributed by atoms with Gasteiger partial charge in [0.1, 0.15) is 23.9 Å². The number of fused-ring (bicyclic) bond motifs is 1. The fraction of sp³-hybridized carbons (Fsp3) is 0.292. The quantitative estimate of drug-likeness (QED) is 0.444. The second kappa shape index (κ2) is 8.26. The minimum absolute atomic E-state index is 0.148. The van der Waals surface area contributed by atoms with Gasteiger partial charge in [0.05, 0.1) is 28.9 Å². The summed E-state index contributed by atoms with van der Waals surface area (Å²) in [5, 5.41) is 4.64. The van der Waals surface area contributed by atoms with Crippen molar-refractivity contribution in [2.45, 2.75) is 27.7 Å². The van der Waals surface area contributed by atoms with Crippen molar-refractivity contribution in [1.29, 1.82) is 0 Å². The molecule has 3 heterocycles. The molecule has 0 N–H and O–H groups in total. The summed E-state index contributed by atoms with van der Waals surface area (Å²) in [6.07, 6.45) is 0. The van der Waals surface area contributed by atoms with E-state index in [0.29, 0.717) is 41.2 Å². The van der Waals surface area contributed by atoms with Crippen molar-refractivity contribution in [3.05, 3.63) is 64.7 Å². The number of carbonyl (C=O) groups excluding carboxylic acids is 1. The lowest BCUT2D eigenvalue weighted by atomic mass is 10.0. The molecule has 7 nitrogen and oxygen atoms in total. The average molecular weight is 419 g/mol. The number of amides is 1. The smallest absolute Gasteiger partial charge is 0.259 e. The average Bonchev–Trinajstić information content (AvgIpc) is 3.29. The first-order valence-corrected chi connectivity index (χ1v) is 10.1. The molecule has 0 aliphatic rings. The van der Waals surface area contributed by atoms with Crippen LogP contribution in [0.3, 0.4) is 0 Å². The van der Waals surface area contributed by atoms with Crippen LogP contribution in [0.1, 0.15) is 33.1 Å². The van der Waals surface area contributed by atoms with E-state index in [-0.39, 0.29) is 5.91 Å². The molecule has 0 fully saturated rings. The Morgan fingerprint density at radius 2 is 1.84 bits per heavy atom. The van der Waals surface area contributed by atoms with E-state index in [2.05, 4.69) is 10.1 Å². The van der Waals surface area contributed by atoms with Gasteiger partial charge >= 0.3 is 0 Å². The highest BCUT2D eigenvalue weighted by Gasteiger charge is 2.23. The largest absolute Gasteiger partial charge is 0.492 e. The second-order valence-electron chi connectivity index (χ2n) is 7.72. The Balaban J connectivity index is 1.59. The predicted octanol–water partition coefficient (Wildman–Crippen LogP) is 4.87. The third kappa shape index (κ3) is 4.17. The lowest BCUT2D eigenvalue weighted by molar-refractivity contribution is 0.0775. The molecule has 1 amide bonds. The molecule has 4 aromatic rings. The Labute approximate surface area is 180 Å². The molecule has 0 aliphatic carbocycles. The maximum atomic E-state index is 13.3. The van der Waals surface area contributed by atoms with Crippen LogP contribution in [0, 0.1) is 27.7 Å². The van der Waals surface area contributed by atoms with Crippen molar-refractivity contribution in [3.8, 4) is 17.0 Å². The molecule has 7 heteroatoms. The van der Waals surface area contributed by atoms with Crippen molar-refractivity contribution in [3.63, 3.8) is 0 Å². The third-order valence-corrected chi connectivity index (χ3v) is 5.23. The number of furan rings is 1. The van der Waals surface area contributed by atoms with Gasteiger partial charge in [0.25, 0.3) is 11.6 Å². The van der Waals surface area contributed by atoms with E-state index in [1.807, 2.05) is 51.1 Å². The monoisotopic (exact) mass is 419 g/mol. The van der Waals surface area contributed by atoms with E-state index in [4.69, 9.17) is 13.7 Å². The zero-order valence-corrected chi connectivity index (χ0v) is 18.4. The van der Waals surface area contributed by atoms with Gasteiger partial charge in [0.2, 0.25) is 0 Å². The molecule has 0 spiro atoms. The molecule has 0 unspecified atom stereocenters. The number of aromatic nitrogens is 2. The Hall–Kier alpha value is -3.61. The van der Waals surface area contributed by atoms with Crippen molar-refractivity contribution in [2.24, 2.45) is 0 Å². The fourth-order valence-corrected chi connectivity index (χ4v) is 3.53. The first kappa shape index (κ1) is 20.7. The summed E-state index contributed by atoms with van der Waals surface area (Å²) < 4.78 is 16.8. The van der Waals surface area contributed by atoms with E-state index < -0.39 is 0 Å². The van der Waals surface area contributed by atoms with Gasteiger partial charge in [-0.3, -0.25) is 4.79 Å². The number of carbonyl (C=O) groups is 1. The van der Waals surface area contributed by atoms with Crippen LogP contribution in [0.2, 0.25) is 0 Å². The summed E-state index contributed by atoms with van der Waals surface area (Å²) in [7, 11) is 1.75. The molecule has 0 bridgehead atoms. The topological polar surface area (TPSA) is 81.6 Å². The Morgan fingerprint density at radius 1 is 1.10 bits per heavy atom. The Morgan fingerprint density at radius 3 is 2.52 bits per heavy atom. The number of pyridine rings is 1. The summed E-state index contributed by atoms with van der Waals surface area (Å²) in [6, 6.07) is 11.5. The highest BCUT2D eigenvalue weighted by atomic mass is 16.5. The van der Waals surface area contributed by atoms with Gasteiger partial charge in [0, 0.05) is 12.6 Å². The lowest BCUT2D eigenvalue weighted by Gasteiger charge is -2.18. The molecule has 0 radical (unpaired) electrons. The number of nitrogens with zero attached hydrogens (tertiary/aromatic N) is 3. The SMILES string of the molecule is Cc1ccc(OCCN(C)C(=O)c2cc(-c3cc(C)oc3C)nc3onc(C)c23)cc1. The van der Waals surface area contributed by atoms with Crippen LogP contribution in [-0.2, 0) is 0 Å². The molecule has 3 aromatic heterocycles. The van der Waals surface area contributed by atoms with Gasteiger partial charge in [-0.25, -0.2) is 4.98 Å². The predicted molar refractivity (Wildman–Crippen MR) is 117 cm³/mol. The van der Waals surface area contributed by atoms with Crippen LogP contribution in [0.5, 0.6) is 5.75 Å². The molecule has 0 atom stereocenters. The van der Waals surface area contributed by atoms with Gasteiger partial charge in [-0.15, -0.1) is 0 Å². The standard InChI is InChI=1S/C24H25N3O4/c1-14-6-8-18(9-7-14)29-11-10-27(5)24(28)20-13-21(19-12-15(2)30-17(19)4)25-23-22(20)16(3)26-31-23/h6-9,12-13H,10-11H2,1-5H3. The van der Waals surface area contributed by atoms with Crippen molar-refractivity contribution < 1.29 is 18.5 Å². The van der Waals surface area contributed by atoms with Crippen LogP contribution >= 0.6 is 0 Å². The maximum Gasteiger partial charge on any atom is 0.259 e. The molecule has 0 aliphatic heterocycles. The molecule has 160 valence electrons. The first-order valence-electron chi connectivity index (χ1n) is 10.1. The minimum atomic E-state index is -0.148. The lowest BCUT2D eigenvalue weighted by Crippen LogP contribution is -2.31.